The first-order valence-electron chi connectivity index (χ1n) is 6.00. The molecule has 1 aromatic rings. The largest absolute Gasteiger partial charge is 0.391 e. The van der Waals surface area contributed by atoms with Gasteiger partial charge in [0.25, 0.3) is 0 Å². The van der Waals surface area contributed by atoms with Gasteiger partial charge in [0.05, 0.1) is 12.7 Å². The zero-order valence-electron chi connectivity index (χ0n) is 10.9. The zero-order chi connectivity index (χ0) is 14.4. The van der Waals surface area contributed by atoms with Crippen LogP contribution in [0.2, 0.25) is 0 Å². The van der Waals surface area contributed by atoms with Crippen LogP contribution in [0.3, 0.4) is 0 Å². The molecule has 2 atom stereocenters. The van der Waals surface area contributed by atoms with Crippen molar-refractivity contribution < 1.29 is 23.0 Å². The van der Waals surface area contributed by atoms with Gasteiger partial charge in [-0.15, -0.1) is 0 Å². The Morgan fingerprint density at radius 2 is 1.84 bits per heavy atom. The molecule has 0 radical (unpaired) electrons. The maximum atomic E-state index is 13.1. The van der Waals surface area contributed by atoms with Gasteiger partial charge in [-0.2, -0.15) is 0 Å². The Bertz CT molecular complexity index is 392. The molecular formula is C13H18F3NO2. The van der Waals surface area contributed by atoms with Gasteiger partial charge < -0.3 is 15.2 Å². The summed E-state index contributed by atoms with van der Waals surface area (Å²) in [5.41, 5.74) is 0.317. The Hall–Kier alpha value is -1.11. The van der Waals surface area contributed by atoms with Crippen molar-refractivity contribution in [1.82, 2.24) is 5.32 Å². The van der Waals surface area contributed by atoms with Crippen molar-refractivity contribution in [2.24, 2.45) is 0 Å². The number of benzene rings is 1. The van der Waals surface area contributed by atoms with E-state index in [2.05, 4.69) is 5.32 Å². The second kappa shape index (κ2) is 7.47. The molecule has 0 saturated carbocycles. The second-order valence-electron chi connectivity index (χ2n) is 4.37. The smallest absolute Gasteiger partial charge is 0.194 e. The van der Waals surface area contributed by atoms with Crippen LogP contribution in [0.5, 0.6) is 0 Å². The molecule has 0 aromatic heterocycles. The molecule has 3 nitrogen and oxygen atoms in total. The Labute approximate surface area is 110 Å². The summed E-state index contributed by atoms with van der Waals surface area (Å²) < 4.78 is 43.7. The lowest BCUT2D eigenvalue weighted by molar-refractivity contribution is 0.0590. The summed E-state index contributed by atoms with van der Waals surface area (Å²) in [5, 5.41) is 12.4. The first kappa shape index (κ1) is 15.9. The molecule has 0 aliphatic rings. The highest BCUT2D eigenvalue weighted by atomic mass is 19.2. The first-order chi connectivity index (χ1) is 8.95. The summed E-state index contributed by atoms with van der Waals surface area (Å²) in [7, 11) is 1.49. The number of hydrogen-bond donors (Lipinski definition) is 2. The third-order valence-electron chi connectivity index (χ3n) is 2.79. The normalized spacial score (nSPS) is 14.4. The first-order valence-corrected chi connectivity index (χ1v) is 6.00. The number of aliphatic hydroxyl groups is 1. The highest BCUT2D eigenvalue weighted by Gasteiger charge is 2.14. The Morgan fingerprint density at radius 3 is 2.37 bits per heavy atom. The minimum absolute atomic E-state index is 0.232. The average molecular weight is 277 g/mol. The number of nitrogens with one attached hydrogen (secondary N) is 1. The van der Waals surface area contributed by atoms with E-state index in [0.717, 1.165) is 12.1 Å². The van der Waals surface area contributed by atoms with Gasteiger partial charge >= 0.3 is 0 Å². The lowest BCUT2D eigenvalue weighted by Gasteiger charge is -2.16. The molecule has 0 aliphatic heterocycles. The third-order valence-corrected chi connectivity index (χ3v) is 2.79. The Balaban J connectivity index is 2.52. The summed E-state index contributed by atoms with van der Waals surface area (Å²) in [4.78, 5) is 0. The van der Waals surface area contributed by atoms with E-state index in [4.69, 9.17) is 4.74 Å². The van der Waals surface area contributed by atoms with E-state index in [0.29, 0.717) is 18.5 Å². The van der Waals surface area contributed by atoms with Gasteiger partial charge in [-0.1, -0.05) is 0 Å². The minimum atomic E-state index is -1.47. The van der Waals surface area contributed by atoms with E-state index in [9.17, 15) is 18.3 Å². The molecule has 108 valence electrons. The van der Waals surface area contributed by atoms with Gasteiger partial charge in [0, 0.05) is 13.2 Å². The topological polar surface area (TPSA) is 41.5 Å². The van der Waals surface area contributed by atoms with E-state index in [-0.39, 0.29) is 12.6 Å². The highest BCUT2D eigenvalue weighted by Crippen LogP contribution is 2.19. The molecule has 0 aliphatic carbocycles. The maximum Gasteiger partial charge on any atom is 0.194 e. The fraction of sp³-hybridized carbons (Fsp3) is 0.538. The molecule has 2 unspecified atom stereocenters. The van der Waals surface area contributed by atoms with Gasteiger partial charge in [0.1, 0.15) is 0 Å². The van der Waals surface area contributed by atoms with Gasteiger partial charge in [0.2, 0.25) is 0 Å². The number of methoxy groups -OCH3 is 1. The van der Waals surface area contributed by atoms with E-state index in [1.807, 2.05) is 0 Å². The number of halogens is 3. The Morgan fingerprint density at radius 1 is 1.26 bits per heavy atom. The van der Waals surface area contributed by atoms with Crippen LogP contribution >= 0.6 is 0 Å². The quantitative estimate of drug-likeness (QED) is 0.750. The summed E-state index contributed by atoms with van der Waals surface area (Å²) in [6.45, 7) is 2.39. The summed E-state index contributed by atoms with van der Waals surface area (Å²) in [6.07, 6.45) is -0.143. The predicted molar refractivity (Wildman–Crippen MR) is 65.2 cm³/mol. The Kier molecular flexibility index (Phi) is 6.27. The fourth-order valence-electron chi connectivity index (χ4n) is 1.69. The van der Waals surface area contributed by atoms with Crippen LogP contribution in [0.4, 0.5) is 13.2 Å². The molecule has 19 heavy (non-hydrogen) atoms. The fourth-order valence-corrected chi connectivity index (χ4v) is 1.69. The van der Waals surface area contributed by atoms with Crippen LogP contribution in [0, 0.1) is 17.5 Å². The zero-order valence-corrected chi connectivity index (χ0v) is 10.9. The van der Waals surface area contributed by atoms with Crippen LogP contribution in [0.25, 0.3) is 0 Å². The second-order valence-corrected chi connectivity index (χ2v) is 4.37. The van der Waals surface area contributed by atoms with Gasteiger partial charge in [-0.05, 0) is 37.6 Å². The van der Waals surface area contributed by atoms with E-state index in [1.165, 1.54) is 7.11 Å². The van der Waals surface area contributed by atoms with Crippen molar-refractivity contribution in [1.29, 1.82) is 0 Å². The molecule has 0 amide bonds. The van der Waals surface area contributed by atoms with Crippen LogP contribution in [-0.4, -0.2) is 31.5 Å². The van der Waals surface area contributed by atoms with Crippen LogP contribution in [0.1, 0.15) is 24.9 Å². The number of aliphatic hydroxyl groups excluding tert-OH is 1. The molecule has 0 heterocycles. The lowest BCUT2D eigenvalue weighted by atomic mass is 10.1. The molecule has 0 fully saturated rings. The summed E-state index contributed by atoms with van der Waals surface area (Å²) >= 11 is 0. The van der Waals surface area contributed by atoms with E-state index < -0.39 is 23.6 Å². The lowest BCUT2D eigenvalue weighted by Crippen LogP contribution is -2.25. The molecule has 0 bridgehead atoms. The van der Waals surface area contributed by atoms with E-state index in [1.54, 1.807) is 6.92 Å². The van der Waals surface area contributed by atoms with Crippen LogP contribution < -0.4 is 5.32 Å². The monoisotopic (exact) mass is 277 g/mol. The number of hydrogen-bond acceptors (Lipinski definition) is 3. The SMILES string of the molecule is COCC(O)CCNC(C)c1cc(F)c(F)c(F)c1. The minimum Gasteiger partial charge on any atom is -0.391 e. The van der Waals surface area contributed by atoms with Crippen molar-refractivity contribution in [2.45, 2.75) is 25.5 Å². The van der Waals surface area contributed by atoms with Gasteiger partial charge in [0.15, 0.2) is 17.5 Å². The number of rotatable bonds is 7. The molecule has 1 aromatic carbocycles. The molecule has 6 heteroatoms. The molecule has 2 N–H and O–H groups in total. The highest BCUT2D eigenvalue weighted by molar-refractivity contribution is 5.22. The maximum absolute atomic E-state index is 13.1. The van der Waals surface area contributed by atoms with Crippen molar-refractivity contribution in [3.63, 3.8) is 0 Å². The summed E-state index contributed by atoms with van der Waals surface area (Å²) in [5.74, 6) is -3.88. The van der Waals surface area contributed by atoms with Crippen molar-refractivity contribution in [3.05, 3.63) is 35.1 Å². The van der Waals surface area contributed by atoms with Gasteiger partial charge in [-0.25, -0.2) is 13.2 Å². The van der Waals surface area contributed by atoms with Crippen molar-refractivity contribution in [2.75, 3.05) is 20.3 Å². The molecular weight excluding hydrogens is 259 g/mol. The van der Waals surface area contributed by atoms with Crippen LogP contribution in [0.15, 0.2) is 12.1 Å². The average Bonchev–Trinajstić information content (AvgIpc) is 2.35. The molecule has 1 rings (SSSR count). The van der Waals surface area contributed by atoms with Crippen molar-refractivity contribution in [3.8, 4) is 0 Å². The molecule has 0 spiro atoms. The van der Waals surface area contributed by atoms with Gasteiger partial charge in [-0.3, -0.25) is 0 Å². The van der Waals surface area contributed by atoms with E-state index >= 15 is 0 Å². The predicted octanol–water partition coefficient (Wildman–Crippen LogP) is 2.15. The standard InChI is InChI=1S/C13H18F3NO2/c1-8(17-4-3-10(18)7-19-2)9-5-11(14)13(16)12(15)6-9/h5-6,8,10,17-18H,3-4,7H2,1-2H3. The number of ether oxygens (including phenoxy) is 1. The van der Waals surface area contributed by atoms with Crippen molar-refractivity contribution >= 4 is 0 Å². The van der Waals surface area contributed by atoms with Crippen LogP contribution in [-0.2, 0) is 4.74 Å². The third kappa shape index (κ3) is 4.81. The molecule has 0 saturated heterocycles. The summed E-state index contributed by atoms with van der Waals surface area (Å²) in [6, 6.07) is 1.57.